The Kier molecular flexibility index (Phi) is 3.23. The first-order chi connectivity index (χ1) is 7.28. The van der Waals surface area contributed by atoms with Gasteiger partial charge in [0, 0.05) is 5.69 Å². The second-order valence-corrected chi connectivity index (χ2v) is 5.12. The Morgan fingerprint density at radius 3 is 2.00 bits per heavy atom. The second-order valence-electron chi connectivity index (χ2n) is 5.12. The molecular formula is C13H17FN2. The molecule has 0 aliphatic rings. The average molecular weight is 220 g/mol. The number of benzene rings is 1. The van der Waals surface area contributed by atoms with Crippen LogP contribution in [0.15, 0.2) is 24.3 Å². The minimum atomic E-state index is -0.690. The molecule has 0 aromatic heterocycles. The quantitative estimate of drug-likeness (QED) is 0.827. The monoisotopic (exact) mass is 220 g/mol. The topological polar surface area (TPSA) is 35.8 Å². The van der Waals surface area contributed by atoms with Crippen LogP contribution in [0.2, 0.25) is 0 Å². The van der Waals surface area contributed by atoms with Gasteiger partial charge in [-0.1, -0.05) is 20.8 Å². The maximum absolute atomic E-state index is 12.7. The molecule has 0 aliphatic carbocycles. The van der Waals surface area contributed by atoms with Crippen molar-refractivity contribution in [3.8, 4) is 6.07 Å². The van der Waals surface area contributed by atoms with Gasteiger partial charge in [0.05, 0.1) is 6.07 Å². The van der Waals surface area contributed by atoms with E-state index in [0.717, 1.165) is 5.69 Å². The van der Waals surface area contributed by atoms with Crippen LogP contribution in [0.25, 0.3) is 0 Å². The lowest BCUT2D eigenvalue weighted by Crippen LogP contribution is -2.45. The molecule has 3 heteroatoms. The fourth-order valence-corrected chi connectivity index (χ4v) is 1.21. The molecule has 86 valence electrons. The van der Waals surface area contributed by atoms with Gasteiger partial charge in [-0.3, -0.25) is 0 Å². The highest BCUT2D eigenvalue weighted by Crippen LogP contribution is 2.32. The Hall–Kier alpha value is -1.56. The predicted molar refractivity (Wildman–Crippen MR) is 63.5 cm³/mol. The van der Waals surface area contributed by atoms with Gasteiger partial charge in [-0.2, -0.15) is 5.26 Å². The van der Waals surface area contributed by atoms with E-state index in [2.05, 4.69) is 11.4 Å². The summed E-state index contributed by atoms with van der Waals surface area (Å²) in [7, 11) is 0. The second kappa shape index (κ2) is 4.13. The molecule has 0 saturated carbocycles. The summed E-state index contributed by atoms with van der Waals surface area (Å²) in [6.07, 6.45) is 0. The summed E-state index contributed by atoms with van der Waals surface area (Å²) < 4.78 is 12.7. The fourth-order valence-electron chi connectivity index (χ4n) is 1.21. The van der Waals surface area contributed by atoms with Gasteiger partial charge in [0.2, 0.25) is 0 Å². The molecule has 1 aromatic rings. The summed E-state index contributed by atoms with van der Waals surface area (Å²) in [4.78, 5) is 0. The molecule has 1 atom stereocenters. The Labute approximate surface area is 96.1 Å². The van der Waals surface area contributed by atoms with Gasteiger partial charge < -0.3 is 5.32 Å². The molecule has 1 N–H and O–H groups in total. The smallest absolute Gasteiger partial charge is 0.127 e. The molecule has 1 unspecified atom stereocenters. The van der Waals surface area contributed by atoms with E-state index < -0.39 is 5.54 Å². The molecule has 1 rings (SSSR count). The van der Waals surface area contributed by atoms with Gasteiger partial charge in [-0.25, -0.2) is 4.39 Å². The molecule has 16 heavy (non-hydrogen) atoms. The Balaban J connectivity index is 2.95. The number of hydrogen-bond acceptors (Lipinski definition) is 2. The van der Waals surface area contributed by atoms with Gasteiger partial charge in [-0.05, 0) is 36.6 Å². The fraction of sp³-hybridized carbons (Fsp3) is 0.462. The lowest BCUT2D eigenvalue weighted by molar-refractivity contribution is 0.293. The van der Waals surface area contributed by atoms with Crippen molar-refractivity contribution in [3.05, 3.63) is 30.1 Å². The van der Waals surface area contributed by atoms with Crippen molar-refractivity contribution in [3.63, 3.8) is 0 Å². The van der Waals surface area contributed by atoms with Gasteiger partial charge in [0.15, 0.2) is 0 Å². The molecule has 2 nitrogen and oxygen atoms in total. The lowest BCUT2D eigenvalue weighted by Gasteiger charge is -2.37. The normalized spacial score (nSPS) is 15.0. The molecule has 1 aromatic carbocycles. The van der Waals surface area contributed by atoms with Crippen molar-refractivity contribution in [1.29, 1.82) is 5.26 Å². The molecule has 0 bridgehead atoms. The standard InChI is InChI=1S/C13H17FN2/c1-12(2,3)13(4,9-15)16-11-7-5-10(14)6-8-11/h5-8,16H,1-4H3. The highest BCUT2D eigenvalue weighted by Gasteiger charge is 2.37. The number of anilines is 1. The third-order valence-corrected chi connectivity index (χ3v) is 2.96. The number of halogens is 1. The molecule has 0 saturated heterocycles. The number of nitrogens with zero attached hydrogens (tertiary/aromatic N) is 1. The largest absolute Gasteiger partial charge is 0.367 e. The molecule has 0 heterocycles. The molecule has 0 aliphatic heterocycles. The number of hydrogen-bond donors (Lipinski definition) is 1. The zero-order valence-corrected chi connectivity index (χ0v) is 10.1. The summed E-state index contributed by atoms with van der Waals surface area (Å²) in [5.41, 5.74) is -0.151. The highest BCUT2D eigenvalue weighted by atomic mass is 19.1. The van der Waals surface area contributed by atoms with Crippen LogP contribution in [0.5, 0.6) is 0 Å². The Morgan fingerprint density at radius 2 is 1.62 bits per heavy atom. The van der Waals surface area contributed by atoms with Crippen molar-refractivity contribution in [2.24, 2.45) is 5.41 Å². The number of nitrogens with one attached hydrogen (secondary N) is 1. The van der Waals surface area contributed by atoms with E-state index in [4.69, 9.17) is 0 Å². The van der Waals surface area contributed by atoms with Crippen LogP contribution < -0.4 is 5.32 Å². The third kappa shape index (κ3) is 2.52. The SMILES string of the molecule is CC(C)(C)C(C)(C#N)Nc1ccc(F)cc1. The van der Waals surface area contributed by atoms with E-state index in [1.807, 2.05) is 27.7 Å². The Bertz CT molecular complexity index is 397. The first-order valence-corrected chi connectivity index (χ1v) is 5.23. The van der Waals surface area contributed by atoms with Crippen LogP contribution in [-0.2, 0) is 0 Å². The predicted octanol–water partition coefficient (Wildman–Crippen LogP) is 3.57. The zero-order chi connectivity index (χ0) is 12.4. The van der Waals surface area contributed by atoms with Crippen LogP contribution >= 0.6 is 0 Å². The van der Waals surface area contributed by atoms with Crippen molar-refractivity contribution < 1.29 is 4.39 Å². The van der Waals surface area contributed by atoms with Crippen molar-refractivity contribution in [1.82, 2.24) is 0 Å². The lowest BCUT2D eigenvalue weighted by atomic mass is 9.76. The number of rotatable bonds is 2. The molecule has 0 fully saturated rings. The van der Waals surface area contributed by atoms with Crippen molar-refractivity contribution in [2.75, 3.05) is 5.32 Å². The third-order valence-electron chi connectivity index (χ3n) is 2.96. The minimum Gasteiger partial charge on any atom is -0.367 e. The first-order valence-electron chi connectivity index (χ1n) is 5.23. The van der Waals surface area contributed by atoms with Crippen LogP contribution in [-0.4, -0.2) is 5.54 Å². The summed E-state index contributed by atoms with van der Waals surface area (Å²) in [6.45, 7) is 7.82. The van der Waals surface area contributed by atoms with Crippen molar-refractivity contribution >= 4 is 5.69 Å². The van der Waals surface area contributed by atoms with Crippen molar-refractivity contribution in [2.45, 2.75) is 33.2 Å². The van der Waals surface area contributed by atoms with Crippen LogP contribution in [0.4, 0.5) is 10.1 Å². The number of nitriles is 1. The summed E-state index contributed by atoms with van der Waals surface area (Å²) >= 11 is 0. The maximum Gasteiger partial charge on any atom is 0.127 e. The van der Waals surface area contributed by atoms with Gasteiger partial charge >= 0.3 is 0 Å². The van der Waals surface area contributed by atoms with Crippen LogP contribution in [0.3, 0.4) is 0 Å². The summed E-state index contributed by atoms with van der Waals surface area (Å²) in [5, 5.41) is 12.4. The Morgan fingerprint density at radius 1 is 1.12 bits per heavy atom. The van der Waals surface area contributed by atoms with E-state index in [1.165, 1.54) is 12.1 Å². The molecule has 0 radical (unpaired) electrons. The van der Waals surface area contributed by atoms with Crippen LogP contribution in [0.1, 0.15) is 27.7 Å². The molecule has 0 amide bonds. The first kappa shape index (κ1) is 12.5. The van der Waals surface area contributed by atoms with Gasteiger partial charge in [-0.15, -0.1) is 0 Å². The summed E-state index contributed by atoms with van der Waals surface area (Å²) in [6, 6.07) is 8.30. The zero-order valence-electron chi connectivity index (χ0n) is 10.1. The van der Waals surface area contributed by atoms with E-state index in [1.54, 1.807) is 12.1 Å². The maximum atomic E-state index is 12.7. The average Bonchev–Trinajstić information content (AvgIpc) is 2.19. The van der Waals surface area contributed by atoms with Gasteiger partial charge in [0.25, 0.3) is 0 Å². The highest BCUT2D eigenvalue weighted by molar-refractivity contribution is 5.48. The summed E-state index contributed by atoms with van der Waals surface area (Å²) in [5.74, 6) is -0.278. The van der Waals surface area contributed by atoms with E-state index in [0.29, 0.717) is 0 Å². The molecule has 0 spiro atoms. The van der Waals surface area contributed by atoms with Gasteiger partial charge in [0.1, 0.15) is 11.4 Å². The van der Waals surface area contributed by atoms with E-state index >= 15 is 0 Å². The van der Waals surface area contributed by atoms with E-state index in [-0.39, 0.29) is 11.2 Å². The minimum absolute atomic E-state index is 0.212. The van der Waals surface area contributed by atoms with Crippen LogP contribution in [0, 0.1) is 22.6 Å². The molecular weight excluding hydrogens is 203 g/mol. The van der Waals surface area contributed by atoms with E-state index in [9.17, 15) is 9.65 Å².